The van der Waals surface area contributed by atoms with Crippen LogP contribution in [-0.4, -0.2) is 13.7 Å². The SMILES string of the molecule is CCCCCCOc1ccc(-c2ccc(OC)cc2)cc1. The van der Waals surface area contributed by atoms with Crippen LogP contribution in [0, 0.1) is 0 Å². The van der Waals surface area contributed by atoms with Crippen molar-refractivity contribution in [3.8, 4) is 22.6 Å². The van der Waals surface area contributed by atoms with Crippen LogP contribution in [0.1, 0.15) is 32.6 Å². The van der Waals surface area contributed by atoms with Gasteiger partial charge in [-0.05, 0) is 41.8 Å². The maximum absolute atomic E-state index is 5.76. The molecular weight excluding hydrogens is 260 g/mol. The van der Waals surface area contributed by atoms with Gasteiger partial charge in [-0.25, -0.2) is 0 Å². The second-order valence-corrected chi connectivity index (χ2v) is 5.16. The van der Waals surface area contributed by atoms with Crippen molar-refractivity contribution in [3.05, 3.63) is 48.5 Å². The number of methoxy groups -OCH3 is 1. The Labute approximate surface area is 127 Å². The van der Waals surface area contributed by atoms with E-state index in [0.29, 0.717) is 0 Å². The largest absolute Gasteiger partial charge is 0.497 e. The molecule has 0 radical (unpaired) electrons. The molecule has 0 heterocycles. The fourth-order valence-corrected chi connectivity index (χ4v) is 2.25. The Morgan fingerprint density at radius 1 is 0.714 bits per heavy atom. The predicted octanol–water partition coefficient (Wildman–Crippen LogP) is 5.32. The van der Waals surface area contributed by atoms with E-state index in [9.17, 15) is 0 Å². The van der Waals surface area contributed by atoms with Crippen molar-refractivity contribution in [2.24, 2.45) is 0 Å². The van der Waals surface area contributed by atoms with Crippen LogP contribution in [0.25, 0.3) is 11.1 Å². The monoisotopic (exact) mass is 284 g/mol. The summed E-state index contributed by atoms with van der Waals surface area (Å²) < 4.78 is 10.9. The van der Waals surface area contributed by atoms with Crippen LogP contribution in [0.2, 0.25) is 0 Å². The highest BCUT2D eigenvalue weighted by Gasteiger charge is 2.00. The molecule has 0 aliphatic rings. The molecule has 2 heteroatoms. The highest BCUT2D eigenvalue weighted by Crippen LogP contribution is 2.24. The van der Waals surface area contributed by atoms with Gasteiger partial charge in [0.25, 0.3) is 0 Å². The molecular formula is C19H24O2. The third-order valence-corrected chi connectivity index (χ3v) is 3.54. The number of unbranched alkanes of at least 4 members (excludes halogenated alkanes) is 3. The lowest BCUT2D eigenvalue weighted by atomic mass is 10.1. The molecule has 0 spiro atoms. The van der Waals surface area contributed by atoms with Gasteiger partial charge in [-0.15, -0.1) is 0 Å². The maximum Gasteiger partial charge on any atom is 0.119 e. The maximum atomic E-state index is 5.76. The van der Waals surface area contributed by atoms with Crippen LogP contribution in [0.4, 0.5) is 0 Å². The van der Waals surface area contributed by atoms with Crippen LogP contribution in [0.5, 0.6) is 11.5 Å². The molecule has 2 nitrogen and oxygen atoms in total. The normalized spacial score (nSPS) is 10.4. The van der Waals surface area contributed by atoms with E-state index in [0.717, 1.165) is 24.5 Å². The van der Waals surface area contributed by atoms with E-state index in [1.165, 1.54) is 30.4 Å². The number of rotatable bonds is 8. The highest BCUT2D eigenvalue weighted by molar-refractivity contribution is 5.64. The van der Waals surface area contributed by atoms with Crippen molar-refractivity contribution < 1.29 is 9.47 Å². The van der Waals surface area contributed by atoms with Crippen molar-refractivity contribution >= 4 is 0 Å². The Kier molecular flexibility index (Phi) is 6.14. The van der Waals surface area contributed by atoms with Gasteiger partial charge in [0, 0.05) is 0 Å². The molecule has 0 fully saturated rings. The minimum Gasteiger partial charge on any atom is -0.497 e. The Bertz CT molecular complexity index is 514. The Hall–Kier alpha value is -1.96. The zero-order chi connectivity index (χ0) is 14.9. The minimum absolute atomic E-state index is 0.807. The van der Waals surface area contributed by atoms with Gasteiger partial charge in [-0.2, -0.15) is 0 Å². The van der Waals surface area contributed by atoms with E-state index in [4.69, 9.17) is 9.47 Å². The number of hydrogen-bond donors (Lipinski definition) is 0. The van der Waals surface area contributed by atoms with Crippen molar-refractivity contribution in [2.45, 2.75) is 32.6 Å². The smallest absolute Gasteiger partial charge is 0.119 e. The van der Waals surface area contributed by atoms with Gasteiger partial charge in [0.1, 0.15) is 11.5 Å². The molecule has 0 aliphatic carbocycles. The summed E-state index contributed by atoms with van der Waals surface area (Å²) >= 11 is 0. The summed E-state index contributed by atoms with van der Waals surface area (Å²) in [6.07, 6.45) is 4.94. The third kappa shape index (κ3) is 4.82. The van der Waals surface area contributed by atoms with Crippen LogP contribution < -0.4 is 9.47 Å². The van der Waals surface area contributed by atoms with Gasteiger partial charge < -0.3 is 9.47 Å². The molecule has 0 N–H and O–H groups in total. The summed E-state index contributed by atoms with van der Waals surface area (Å²) in [6.45, 7) is 3.03. The summed E-state index contributed by atoms with van der Waals surface area (Å²) in [6, 6.07) is 16.4. The molecule has 0 unspecified atom stereocenters. The lowest BCUT2D eigenvalue weighted by Crippen LogP contribution is -1.96. The highest BCUT2D eigenvalue weighted by atomic mass is 16.5. The van der Waals surface area contributed by atoms with Crippen molar-refractivity contribution in [2.75, 3.05) is 13.7 Å². The third-order valence-electron chi connectivity index (χ3n) is 3.54. The first-order valence-electron chi connectivity index (χ1n) is 7.71. The first-order chi connectivity index (χ1) is 10.3. The van der Waals surface area contributed by atoms with E-state index in [-0.39, 0.29) is 0 Å². The number of benzene rings is 2. The van der Waals surface area contributed by atoms with Crippen LogP contribution in [-0.2, 0) is 0 Å². The van der Waals surface area contributed by atoms with Crippen LogP contribution in [0.3, 0.4) is 0 Å². The molecule has 112 valence electrons. The number of ether oxygens (including phenoxy) is 2. The molecule has 0 saturated heterocycles. The fraction of sp³-hybridized carbons (Fsp3) is 0.368. The second kappa shape index (κ2) is 8.35. The summed E-state index contributed by atoms with van der Waals surface area (Å²) in [5.74, 6) is 1.83. The van der Waals surface area contributed by atoms with Gasteiger partial charge in [-0.1, -0.05) is 50.5 Å². The Morgan fingerprint density at radius 2 is 1.29 bits per heavy atom. The van der Waals surface area contributed by atoms with Gasteiger partial charge in [0.05, 0.1) is 13.7 Å². The summed E-state index contributed by atoms with van der Waals surface area (Å²) in [5.41, 5.74) is 2.38. The number of hydrogen-bond acceptors (Lipinski definition) is 2. The standard InChI is InChI=1S/C19H24O2/c1-3-4-5-6-15-21-19-13-9-17(10-14-19)16-7-11-18(20-2)12-8-16/h7-14H,3-6,15H2,1-2H3. The zero-order valence-electron chi connectivity index (χ0n) is 13.0. The van der Waals surface area contributed by atoms with Gasteiger partial charge in [-0.3, -0.25) is 0 Å². The molecule has 0 aromatic heterocycles. The molecule has 0 amide bonds. The zero-order valence-corrected chi connectivity index (χ0v) is 13.0. The van der Waals surface area contributed by atoms with E-state index < -0.39 is 0 Å². The molecule has 2 aromatic rings. The molecule has 0 aliphatic heterocycles. The molecule has 2 aromatic carbocycles. The second-order valence-electron chi connectivity index (χ2n) is 5.16. The fourth-order valence-electron chi connectivity index (χ4n) is 2.25. The van der Waals surface area contributed by atoms with Crippen molar-refractivity contribution in [1.29, 1.82) is 0 Å². The van der Waals surface area contributed by atoms with Crippen LogP contribution >= 0.6 is 0 Å². The summed E-state index contributed by atoms with van der Waals surface area (Å²) in [5, 5.41) is 0. The first kappa shape index (κ1) is 15.4. The van der Waals surface area contributed by atoms with Gasteiger partial charge >= 0.3 is 0 Å². The minimum atomic E-state index is 0.807. The van der Waals surface area contributed by atoms with Gasteiger partial charge in [0.2, 0.25) is 0 Å². The van der Waals surface area contributed by atoms with Crippen molar-refractivity contribution in [3.63, 3.8) is 0 Å². The van der Waals surface area contributed by atoms with E-state index >= 15 is 0 Å². The Morgan fingerprint density at radius 3 is 1.81 bits per heavy atom. The lowest BCUT2D eigenvalue weighted by Gasteiger charge is -2.08. The van der Waals surface area contributed by atoms with E-state index in [1.54, 1.807) is 7.11 Å². The first-order valence-corrected chi connectivity index (χ1v) is 7.71. The molecule has 21 heavy (non-hydrogen) atoms. The van der Waals surface area contributed by atoms with Crippen molar-refractivity contribution in [1.82, 2.24) is 0 Å². The van der Waals surface area contributed by atoms with Gasteiger partial charge in [0.15, 0.2) is 0 Å². The lowest BCUT2D eigenvalue weighted by molar-refractivity contribution is 0.305. The summed E-state index contributed by atoms with van der Waals surface area (Å²) in [4.78, 5) is 0. The average molecular weight is 284 g/mol. The van der Waals surface area contributed by atoms with E-state index in [2.05, 4.69) is 31.2 Å². The molecule has 2 rings (SSSR count). The topological polar surface area (TPSA) is 18.5 Å². The quantitative estimate of drug-likeness (QED) is 0.611. The predicted molar refractivity (Wildman–Crippen MR) is 88.1 cm³/mol. The molecule has 0 atom stereocenters. The molecule has 0 bridgehead atoms. The van der Waals surface area contributed by atoms with Crippen LogP contribution in [0.15, 0.2) is 48.5 Å². The molecule has 0 saturated carbocycles. The average Bonchev–Trinajstić information content (AvgIpc) is 2.55. The summed E-state index contributed by atoms with van der Waals surface area (Å²) in [7, 11) is 1.68. The Balaban J connectivity index is 1.88. The van der Waals surface area contributed by atoms with E-state index in [1.807, 2.05) is 24.3 Å².